The Hall–Kier alpha value is -4.04. The van der Waals surface area contributed by atoms with Gasteiger partial charge < -0.3 is 9.72 Å². The molecule has 0 aliphatic rings. The average molecular weight is 502 g/mol. The highest BCUT2D eigenvalue weighted by Crippen LogP contribution is 2.26. The topological polar surface area (TPSA) is 101 Å². The van der Waals surface area contributed by atoms with E-state index < -0.39 is 15.6 Å². The van der Waals surface area contributed by atoms with Gasteiger partial charge in [0.05, 0.1) is 17.0 Å². The Morgan fingerprint density at radius 2 is 1.69 bits per heavy atom. The van der Waals surface area contributed by atoms with Crippen LogP contribution in [0.1, 0.15) is 27.0 Å². The Morgan fingerprint density at radius 1 is 0.944 bits per heavy atom. The van der Waals surface area contributed by atoms with Crippen molar-refractivity contribution in [1.82, 2.24) is 9.97 Å². The maximum Gasteiger partial charge on any atom is 0.286 e. The minimum atomic E-state index is -2.54. The number of nitrogens with one attached hydrogen (secondary N) is 1. The molecule has 2 aromatic carbocycles. The maximum absolute atomic E-state index is 12.5. The van der Waals surface area contributed by atoms with Gasteiger partial charge in [0.1, 0.15) is 17.3 Å². The number of rotatable bonds is 8. The van der Waals surface area contributed by atoms with E-state index in [1.165, 1.54) is 18.7 Å². The van der Waals surface area contributed by atoms with E-state index in [0.717, 1.165) is 16.7 Å². The largest absolute Gasteiger partial charge is 0.457 e. The number of aromatic nitrogens is 2. The van der Waals surface area contributed by atoms with Crippen molar-refractivity contribution in [1.29, 1.82) is 0 Å². The summed E-state index contributed by atoms with van der Waals surface area (Å²) in [6, 6.07) is 20.5. The highest BCUT2D eigenvalue weighted by atomic mass is 32.2. The second kappa shape index (κ2) is 10.7. The van der Waals surface area contributed by atoms with E-state index >= 15 is 0 Å². The molecule has 0 aliphatic carbocycles. The molecule has 8 heteroatoms. The molecule has 1 amide bonds. The lowest BCUT2D eigenvalue weighted by Crippen LogP contribution is -2.06. The summed E-state index contributed by atoms with van der Waals surface area (Å²) in [6.45, 7) is 2.02. The summed E-state index contributed by atoms with van der Waals surface area (Å²) in [5, 5.41) is 0. The van der Waals surface area contributed by atoms with Gasteiger partial charge in [0.25, 0.3) is 5.91 Å². The number of benzene rings is 2. The van der Waals surface area contributed by atoms with Crippen LogP contribution < -0.4 is 4.74 Å². The molecular weight excluding hydrogens is 474 g/mol. The highest BCUT2D eigenvalue weighted by Gasteiger charge is 2.12. The summed E-state index contributed by atoms with van der Waals surface area (Å²) in [6.07, 6.45) is 6.73. The number of H-pyrrole nitrogens is 1. The fraction of sp³-hybridized carbons (Fsp3) is 0.179. The molecule has 4 aromatic rings. The Kier molecular flexibility index (Phi) is 7.45. The smallest absolute Gasteiger partial charge is 0.286 e. The van der Waals surface area contributed by atoms with Gasteiger partial charge in [-0.1, -0.05) is 42.0 Å². The summed E-state index contributed by atoms with van der Waals surface area (Å²) in [5.41, 5.74) is 4.59. The normalized spacial score (nSPS) is 11.2. The Balaban J connectivity index is 1.40. The molecule has 0 fully saturated rings. The quantitative estimate of drug-likeness (QED) is 0.348. The molecule has 0 saturated heterocycles. The van der Waals surface area contributed by atoms with E-state index in [2.05, 4.69) is 14.3 Å². The fourth-order valence-corrected chi connectivity index (χ4v) is 4.20. The number of ketones is 1. The number of carbonyl (C=O) groups is 2. The minimum Gasteiger partial charge on any atom is -0.457 e. The summed E-state index contributed by atoms with van der Waals surface area (Å²) in [5.74, 6) is 0.812. The molecule has 184 valence electrons. The van der Waals surface area contributed by atoms with Crippen molar-refractivity contribution in [2.24, 2.45) is 4.36 Å². The van der Waals surface area contributed by atoms with Gasteiger partial charge in [0.15, 0.2) is 0 Å². The van der Waals surface area contributed by atoms with Gasteiger partial charge in [-0.05, 0) is 42.3 Å². The summed E-state index contributed by atoms with van der Waals surface area (Å²) in [7, 11) is -2.54. The predicted octanol–water partition coefficient (Wildman–Crippen LogP) is 5.40. The summed E-state index contributed by atoms with van der Waals surface area (Å²) < 4.78 is 21.5. The molecule has 2 heterocycles. The molecule has 1 N–H and O–H groups in total. The SMILES string of the molecule is Cc1cccc(CC(=O)Cc2ccc(Oc3ccnc(-c4cc(C(=O)N=S(C)(C)=O)c[nH]4)c3)cc2)c1. The van der Waals surface area contributed by atoms with Gasteiger partial charge >= 0.3 is 0 Å². The first-order valence-electron chi connectivity index (χ1n) is 11.3. The number of hydrogen-bond acceptors (Lipinski definition) is 5. The number of ether oxygens (including phenoxy) is 1. The monoisotopic (exact) mass is 501 g/mol. The van der Waals surface area contributed by atoms with E-state index in [0.29, 0.717) is 41.3 Å². The van der Waals surface area contributed by atoms with Crippen LogP contribution in [0, 0.1) is 6.92 Å². The Labute approximate surface area is 210 Å². The van der Waals surface area contributed by atoms with Gasteiger partial charge in [-0.25, -0.2) is 4.21 Å². The van der Waals surface area contributed by atoms with Crippen LogP contribution in [0.5, 0.6) is 11.5 Å². The lowest BCUT2D eigenvalue weighted by atomic mass is 10.0. The van der Waals surface area contributed by atoms with Crippen molar-refractivity contribution in [3.05, 3.63) is 101 Å². The first-order valence-corrected chi connectivity index (χ1v) is 13.7. The van der Waals surface area contributed by atoms with Crippen LogP contribution in [0.15, 0.2) is 83.5 Å². The molecule has 0 unspecified atom stereocenters. The number of aryl methyl sites for hydroxylation is 1. The predicted molar refractivity (Wildman–Crippen MR) is 141 cm³/mol. The molecular formula is C28H27N3O4S. The molecule has 2 aromatic heterocycles. The van der Waals surface area contributed by atoms with Crippen molar-refractivity contribution < 1.29 is 18.5 Å². The van der Waals surface area contributed by atoms with Crippen LogP contribution >= 0.6 is 0 Å². The molecule has 4 rings (SSSR count). The van der Waals surface area contributed by atoms with Crippen LogP contribution in [0.25, 0.3) is 11.4 Å². The third-order valence-corrected chi connectivity index (χ3v) is 5.89. The van der Waals surface area contributed by atoms with Gasteiger partial charge in [-0.3, -0.25) is 14.6 Å². The molecule has 7 nitrogen and oxygen atoms in total. The number of pyridine rings is 1. The molecule has 0 radical (unpaired) electrons. The first kappa shape index (κ1) is 25.1. The number of nitrogens with zero attached hydrogens (tertiary/aromatic N) is 2. The zero-order chi connectivity index (χ0) is 25.7. The second-order valence-electron chi connectivity index (χ2n) is 8.88. The van der Waals surface area contributed by atoms with Crippen LogP contribution in [-0.4, -0.2) is 38.4 Å². The Morgan fingerprint density at radius 3 is 2.42 bits per heavy atom. The number of carbonyl (C=O) groups excluding carboxylic acids is 2. The summed E-state index contributed by atoms with van der Waals surface area (Å²) >= 11 is 0. The zero-order valence-electron chi connectivity index (χ0n) is 20.4. The molecule has 0 aliphatic heterocycles. The Bertz CT molecular complexity index is 1520. The summed E-state index contributed by atoms with van der Waals surface area (Å²) in [4.78, 5) is 32.0. The van der Waals surface area contributed by atoms with E-state index in [1.807, 2.05) is 55.5 Å². The molecule has 36 heavy (non-hydrogen) atoms. The van der Waals surface area contributed by atoms with Crippen LogP contribution in [-0.2, 0) is 27.4 Å². The van der Waals surface area contributed by atoms with Crippen LogP contribution in [0.3, 0.4) is 0 Å². The van der Waals surface area contributed by atoms with Gasteiger partial charge in [-0.15, -0.1) is 0 Å². The third kappa shape index (κ3) is 6.99. The van der Waals surface area contributed by atoms with Crippen molar-refractivity contribution in [2.45, 2.75) is 19.8 Å². The van der Waals surface area contributed by atoms with E-state index in [4.69, 9.17) is 4.74 Å². The molecule has 0 spiro atoms. The molecule has 0 saturated carbocycles. The van der Waals surface area contributed by atoms with Crippen molar-refractivity contribution in [3.63, 3.8) is 0 Å². The lowest BCUT2D eigenvalue weighted by molar-refractivity contribution is -0.117. The first-order chi connectivity index (χ1) is 17.1. The zero-order valence-corrected chi connectivity index (χ0v) is 21.2. The number of Topliss-reactive ketones (excluding diaryl/α,β-unsaturated/α-hetero) is 1. The standard InChI is InChI=1S/C28H27N3O4S/c1-19-5-4-6-21(13-19)15-23(32)14-20-7-9-24(10-8-20)35-25-11-12-29-27(17-25)26-16-22(18-30-26)28(33)31-36(2,3)34/h4-13,16-18,30H,14-15H2,1-3H3. The number of amides is 1. The van der Waals surface area contributed by atoms with Gasteiger partial charge in [-0.2, -0.15) is 4.36 Å². The number of aromatic amines is 1. The molecule has 0 atom stereocenters. The number of hydrogen-bond donors (Lipinski definition) is 1. The lowest BCUT2D eigenvalue weighted by Gasteiger charge is -2.08. The highest BCUT2D eigenvalue weighted by molar-refractivity contribution is 7.92. The van der Waals surface area contributed by atoms with Crippen LogP contribution in [0.2, 0.25) is 0 Å². The fourth-order valence-electron chi connectivity index (χ4n) is 3.69. The van der Waals surface area contributed by atoms with E-state index in [-0.39, 0.29) is 5.78 Å². The van der Waals surface area contributed by atoms with E-state index in [9.17, 15) is 13.8 Å². The third-order valence-electron chi connectivity index (χ3n) is 5.28. The minimum absolute atomic E-state index is 0.157. The van der Waals surface area contributed by atoms with Gasteiger partial charge in [0, 0.05) is 53.5 Å². The van der Waals surface area contributed by atoms with Crippen molar-refractivity contribution in [3.8, 4) is 22.9 Å². The van der Waals surface area contributed by atoms with Crippen molar-refractivity contribution >= 4 is 21.4 Å². The van der Waals surface area contributed by atoms with Crippen molar-refractivity contribution in [2.75, 3.05) is 12.5 Å². The van der Waals surface area contributed by atoms with E-state index in [1.54, 1.807) is 24.4 Å². The van der Waals surface area contributed by atoms with Crippen LogP contribution in [0.4, 0.5) is 0 Å². The average Bonchev–Trinajstić information content (AvgIpc) is 3.30. The maximum atomic E-state index is 12.5. The van der Waals surface area contributed by atoms with Gasteiger partial charge in [0.2, 0.25) is 0 Å². The second-order valence-corrected chi connectivity index (χ2v) is 11.4. The molecule has 0 bridgehead atoms.